The fourth-order valence-corrected chi connectivity index (χ4v) is 8.85. The fourth-order valence-electron chi connectivity index (χ4n) is 6.70. The highest BCUT2D eigenvalue weighted by Crippen LogP contribution is 2.40. The quantitative estimate of drug-likeness (QED) is 0.162. The van der Waals surface area contributed by atoms with Crippen molar-refractivity contribution in [3.05, 3.63) is 86.8 Å². The minimum atomic E-state index is -4.09. The first-order chi connectivity index (χ1) is 23.4. The van der Waals surface area contributed by atoms with Gasteiger partial charge in [-0.15, -0.1) is 11.3 Å². The molecule has 2 aromatic heterocycles. The molecule has 1 aliphatic heterocycles. The molecule has 1 N–H and O–H groups in total. The lowest BCUT2D eigenvalue weighted by Crippen LogP contribution is -2.40. The zero-order valence-electron chi connectivity index (χ0n) is 28.7. The molecule has 2 aliphatic rings. The van der Waals surface area contributed by atoms with E-state index < -0.39 is 15.6 Å². The Balaban J connectivity index is 1.39. The number of hydrogen-bond donors (Lipinski definition) is 1. The molecule has 3 heterocycles. The van der Waals surface area contributed by atoms with Crippen LogP contribution in [0, 0.1) is 20.8 Å². The predicted molar refractivity (Wildman–Crippen MR) is 192 cm³/mol. The van der Waals surface area contributed by atoms with E-state index in [4.69, 9.17) is 9.52 Å². The number of nitrogens with one attached hydrogen (secondary N) is 1. The zero-order valence-corrected chi connectivity index (χ0v) is 30.3. The van der Waals surface area contributed by atoms with E-state index in [1.54, 1.807) is 50.1 Å². The maximum atomic E-state index is 13.9. The Labute approximate surface area is 292 Å². The zero-order chi connectivity index (χ0) is 34.9. The molecule has 258 valence electrons. The molecule has 1 saturated carbocycles. The highest BCUT2D eigenvalue weighted by atomic mass is 32.2. The number of aromatic nitrogens is 1. The normalized spacial score (nSPS) is 15.7. The summed E-state index contributed by atoms with van der Waals surface area (Å²) in [5.41, 5.74) is 2.75. The predicted octanol–water partition coefficient (Wildman–Crippen LogP) is 7.65. The highest BCUT2D eigenvalue weighted by molar-refractivity contribution is 7.92. The first-order valence-corrected chi connectivity index (χ1v) is 19.1. The van der Waals surface area contributed by atoms with Crippen molar-refractivity contribution in [2.75, 3.05) is 11.8 Å². The lowest BCUT2D eigenvalue weighted by Gasteiger charge is -2.24. The number of unbranched alkanes of at least 4 members (excludes halogenated alkanes) is 1. The molecule has 4 aromatic rings. The molecular formula is C37H43N5O5S2. The summed E-state index contributed by atoms with van der Waals surface area (Å²) in [5, 5.41) is 3.90. The van der Waals surface area contributed by atoms with Gasteiger partial charge in [0.1, 0.15) is 17.1 Å². The van der Waals surface area contributed by atoms with Crippen LogP contribution in [0.2, 0.25) is 0 Å². The number of thiophene rings is 1. The van der Waals surface area contributed by atoms with Crippen molar-refractivity contribution in [2.45, 2.75) is 96.2 Å². The second-order valence-electron chi connectivity index (χ2n) is 13.1. The molecule has 6 rings (SSSR count). The van der Waals surface area contributed by atoms with E-state index in [-0.39, 0.29) is 29.1 Å². The topological polar surface area (TPSA) is 125 Å². The summed E-state index contributed by atoms with van der Waals surface area (Å²) in [6.07, 6.45) is 6.26. The van der Waals surface area contributed by atoms with Crippen molar-refractivity contribution in [1.82, 2.24) is 15.0 Å². The molecule has 0 atom stereocenters. The lowest BCUT2D eigenvalue weighted by atomic mass is 9.96. The van der Waals surface area contributed by atoms with E-state index in [1.807, 2.05) is 42.2 Å². The maximum absolute atomic E-state index is 13.9. The first kappa shape index (κ1) is 34.6. The van der Waals surface area contributed by atoms with Crippen LogP contribution in [0.1, 0.15) is 88.9 Å². The molecule has 49 heavy (non-hydrogen) atoms. The number of sulfonamides is 1. The van der Waals surface area contributed by atoms with E-state index >= 15 is 0 Å². The SMILES string of the molecule is CCCCC1=NC2(CCCC2)C(=O)N1Cc1ccc(-c2ccccc2S(=O)(=O)Nc2noc(C)c2C)c(CN(C)C(=O)c2ccc(C)s2)c1. The monoisotopic (exact) mass is 701 g/mol. The van der Waals surface area contributed by atoms with E-state index in [2.05, 4.69) is 16.8 Å². The summed E-state index contributed by atoms with van der Waals surface area (Å²) in [4.78, 5) is 37.7. The second-order valence-corrected chi connectivity index (χ2v) is 16.1. The summed E-state index contributed by atoms with van der Waals surface area (Å²) in [7, 11) is -2.34. The van der Waals surface area contributed by atoms with Gasteiger partial charge in [0.15, 0.2) is 5.82 Å². The molecule has 0 radical (unpaired) electrons. The van der Waals surface area contributed by atoms with Gasteiger partial charge in [-0.3, -0.25) is 24.2 Å². The van der Waals surface area contributed by atoms with Crippen LogP contribution in [0.3, 0.4) is 0 Å². The standard InChI is InChI=1S/C37H43N5O5S2/c1-6-7-14-33-38-37(19-10-11-20-37)36(44)42(33)22-27-16-17-29(28(21-27)23-41(5)35(43)31-18-15-24(2)48-31)30-12-8-9-13-32(30)49(45,46)40-34-25(3)26(4)47-39-34/h8-9,12-13,15-18,21H,6-7,10-11,14,19-20,22-23H2,1-5H3,(H,39,40). The number of carbonyl (C=O) groups excluding carboxylic acids is 2. The fraction of sp³-hybridized carbons (Fsp3) is 0.405. The number of rotatable bonds is 12. The summed E-state index contributed by atoms with van der Waals surface area (Å²) in [6, 6.07) is 16.4. The maximum Gasteiger partial charge on any atom is 0.263 e. The number of nitrogens with zero attached hydrogens (tertiary/aromatic N) is 4. The van der Waals surface area contributed by atoms with Crippen LogP contribution >= 0.6 is 11.3 Å². The number of amidine groups is 1. The van der Waals surface area contributed by atoms with Crippen molar-refractivity contribution in [2.24, 2.45) is 4.99 Å². The minimum Gasteiger partial charge on any atom is -0.359 e. The Kier molecular flexibility index (Phi) is 9.81. The molecule has 0 unspecified atom stereocenters. The number of aliphatic imine (C=N–C) groups is 1. The molecule has 10 nitrogen and oxygen atoms in total. The Bertz CT molecular complexity index is 2020. The number of amides is 2. The van der Waals surface area contributed by atoms with Crippen LogP contribution in [0.25, 0.3) is 11.1 Å². The van der Waals surface area contributed by atoms with Crippen molar-refractivity contribution in [3.63, 3.8) is 0 Å². The van der Waals surface area contributed by atoms with Gasteiger partial charge in [-0.2, -0.15) is 0 Å². The third kappa shape index (κ3) is 6.94. The smallest absolute Gasteiger partial charge is 0.263 e. The van der Waals surface area contributed by atoms with Gasteiger partial charge in [-0.25, -0.2) is 8.42 Å². The molecule has 1 aliphatic carbocycles. The summed E-state index contributed by atoms with van der Waals surface area (Å²) < 4.78 is 35.5. The first-order valence-electron chi connectivity index (χ1n) is 16.8. The van der Waals surface area contributed by atoms with Gasteiger partial charge < -0.3 is 9.42 Å². The number of anilines is 1. The Morgan fingerprint density at radius 3 is 2.49 bits per heavy atom. The third-order valence-corrected chi connectivity index (χ3v) is 11.9. The molecule has 12 heteroatoms. The largest absolute Gasteiger partial charge is 0.359 e. The highest BCUT2D eigenvalue weighted by Gasteiger charge is 2.49. The molecule has 0 bridgehead atoms. The molecule has 0 saturated heterocycles. The van der Waals surface area contributed by atoms with Gasteiger partial charge in [-0.05, 0) is 74.9 Å². The Morgan fingerprint density at radius 1 is 1.06 bits per heavy atom. The number of aryl methyl sites for hydroxylation is 2. The third-order valence-electron chi connectivity index (χ3n) is 9.55. The summed E-state index contributed by atoms with van der Waals surface area (Å²) in [5.74, 6) is 1.45. The Morgan fingerprint density at radius 2 is 1.82 bits per heavy atom. The van der Waals surface area contributed by atoms with Gasteiger partial charge >= 0.3 is 0 Å². The van der Waals surface area contributed by atoms with Crippen LogP contribution in [-0.2, 0) is 27.9 Å². The Hall–Kier alpha value is -4.29. The molecule has 2 aromatic carbocycles. The molecule has 1 fully saturated rings. The van der Waals surface area contributed by atoms with Gasteiger partial charge in [0, 0.05) is 36.0 Å². The van der Waals surface area contributed by atoms with Crippen molar-refractivity contribution >= 4 is 44.8 Å². The van der Waals surface area contributed by atoms with Crippen LogP contribution in [0.4, 0.5) is 5.82 Å². The number of benzene rings is 2. The second kappa shape index (κ2) is 13.9. The minimum absolute atomic E-state index is 0.0683. The number of carbonyl (C=O) groups is 2. The van der Waals surface area contributed by atoms with Gasteiger partial charge in [0.25, 0.3) is 21.8 Å². The number of hydrogen-bond acceptors (Lipinski definition) is 8. The van der Waals surface area contributed by atoms with Crippen molar-refractivity contribution < 1.29 is 22.5 Å². The van der Waals surface area contributed by atoms with E-state index in [0.717, 1.165) is 66.8 Å². The van der Waals surface area contributed by atoms with Gasteiger partial charge in [0.2, 0.25) is 0 Å². The van der Waals surface area contributed by atoms with Crippen LogP contribution in [-0.4, -0.2) is 53.6 Å². The van der Waals surface area contributed by atoms with E-state index in [1.165, 1.54) is 11.3 Å². The van der Waals surface area contributed by atoms with Gasteiger partial charge in [-0.1, -0.05) is 67.7 Å². The molecule has 2 amide bonds. The van der Waals surface area contributed by atoms with Crippen molar-refractivity contribution in [1.29, 1.82) is 0 Å². The van der Waals surface area contributed by atoms with Crippen LogP contribution in [0.15, 0.2) is 69.0 Å². The lowest BCUT2D eigenvalue weighted by molar-refractivity contribution is -0.131. The van der Waals surface area contributed by atoms with E-state index in [9.17, 15) is 18.0 Å². The molecule has 1 spiro atoms. The van der Waals surface area contributed by atoms with Crippen LogP contribution in [0.5, 0.6) is 0 Å². The van der Waals surface area contributed by atoms with Crippen molar-refractivity contribution in [3.8, 4) is 11.1 Å². The summed E-state index contributed by atoms with van der Waals surface area (Å²) >= 11 is 1.44. The average Bonchev–Trinajstić information content (AvgIpc) is 3.87. The summed E-state index contributed by atoms with van der Waals surface area (Å²) in [6.45, 7) is 8.13. The average molecular weight is 702 g/mol. The van der Waals surface area contributed by atoms with Crippen LogP contribution < -0.4 is 4.72 Å². The van der Waals surface area contributed by atoms with E-state index in [0.29, 0.717) is 33.9 Å². The van der Waals surface area contributed by atoms with Gasteiger partial charge in [0.05, 0.1) is 16.3 Å². The molecular weight excluding hydrogens is 659 g/mol.